The van der Waals surface area contributed by atoms with Gasteiger partial charge in [0.2, 0.25) is 0 Å². The van der Waals surface area contributed by atoms with Gasteiger partial charge in [-0.15, -0.1) is 0 Å². The number of nitrogens with two attached hydrogens (primary N) is 1. The summed E-state index contributed by atoms with van der Waals surface area (Å²) in [4.78, 5) is 4.30. The number of aryl methyl sites for hydroxylation is 1. The normalized spacial score (nSPS) is 17.8. The zero-order chi connectivity index (χ0) is 14.8. The van der Waals surface area contributed by atoms with E-state index in [1.807, 2.05) is 26.0 Å². The molecule has 1 aromatic carbocycles. The number of hydrogen-bond acceptors (Lipinski definition) is 5. The van der Waals surface area contributed by atoms with Crippen LogP contribution in [0.15, 0.2) is 22.7 Å². The molecular formula is C16H21N3O2. The van der Waals surface area contributed by atoms with E-state index in [0.29, 0.717) is 11.7 Å². The van der Waals surface area contributed by atoms with Crippen molar-refractivity contribution in [1.29, 1.82) is 0 Å². The first-order valence-corrected chi connectivity index (χ1v) is 7.47. The molecule has 0 aliphatic heterocycles. The monoisotopic (exact) mass is 287 g/mol. The van der Waals surface area contributed by atoms with E-state index in [0.717, 1.165) is 25.0 Å². The molecule has 0 saturated carbocycles. The molecule has 0 bridgehead atoms. The first-order chi connectivity index (χ1) is 10.1. The molecule has 3 rings (SSSR count). The van der Waals surface area contributed by atoms with E-state index in [-0.39, 0.29) is 18.6 Å². The molecule has 112 valence electrons. The van der Waals surface area contributed by atoms with Crippen molar-refractivity contribution in [1.82, 2.24) is 10.1 Å². The number of benzene rings is 1. The van der Waals surface area contributed by atoms with Gasteiger partial charge >= 0.3 is 0 Å². The Bertz CT molecular complexity index is 622. The fraction of sp³-hybridized carbons (Fsp3) is 0.500. The van der Waals surface area contributed by atoms with E-state index < -0.39 is 0 Å². The van der Waals surface area contributed by atoms with Gasteiger partial charge < -0.3 is 15.0 Å². The maximum atomic E-state index is 6.16. The maximum Gasteiger partial charge on any atom is 0.264 e. The molecule has 0 spiro atoms. The molecule has 1 aliphatic carbocycles. The van der Waals surface area contributed by atoms with E-state index in [2.05, 4.69) is 16.2 Å². The van der Waals surface area contributed by atoms with Crippen LogP contribution >= 0.6 is 0 Å². The first kappa shape index (κ1) is 14.1. The zero-order valence-corrected chi connectivity index (χ0v) is 12.5. The molecule has 2 aromatic rings. The maximum absolute atomic E-state index is 6.16. The first-order valence-electron chi connectivity index (χ1n) is 7.47. The van der Waals surface area contributed by atoms with Crippen molar-refractivity contribution >= 4 is 0 Å². The molecular weight excluding hydrogens is 266 g/mol. The van der Waals surface area contributed by atoms with E-state index in [1.54, 1.807) is 0 Å². The minimum atomic E-state index is 0.119. The SMILES string of the molecule is CC(C)c1noc(COc2ccc3c(c2)[C@H](N)CCC3)n1. The van der Waals surface area contributed by atoms with Crippen molar-refractivity contribution < 1.29 is 9.26 Å². The van der Waals surface area contributed by atoms with Crippen LogP contribution in [0, 0.1) is 0 Å². The highest BCUT2D eigenvalue weighted by atomic mass is 16.5. The van der Waals surface area contributed by atoms with Crippen molar-refractivity contribution in [2.45, 2.75) is 51.7 Å². The second-order valence-corrected chi connectivity index (χ2v) is 5.85. The summed E-state index contributed by atoms with van der Waals surface area (Å²) in [5.74, 6) is 2.27. The summed E-state index contributed by atoms with van der Waals surface area (Å²) in [6.07, 6.45) is 3.30. The molecule has 0 amide bonds. The van der Waals surface area contributed by atoms with Crippen LogP contribution in [0.3, 0.4) is 0 Å². The van der Waals surface area contributed by atoms with Crippen LogP contribution in [-0.4, -0.2) is 10.1 Å². The van der Waals surface area contributed by atoms with Gasteiger partial charge in [-0.05, 0) is 42.5 Å². The van der Waals surface area contributed by atoms with Crippen LogP contribution in [0.1, 0.15) is 61.5 Å². The van der Waals surface area contributed by atoms with Gasteiger partial charge in [0, 0.05) is 12.0 Å². The molecule has 2 N–H and O–H groups in total. The second-order valence-electron chi connectivity index (χ2n) is 5.85. The number of nitrogens with zero attached hydrogens (tertiary/aromatic N) is 2. The standard InChI is InChI=1S/C16H21N3O2/c1-10(2)16-18-15(21-19-16)9-20-12-7-6-11-4-3-5-14(17)13(11)8-12/h6-8,10,14H,3-5,9,17H2,1-2H3/t14-/m1/s1. The minimum Gasteiger partial charge on any atom is -0.484 e. The smallest absolute Gasteiger partial charge is 0.264 e. The molecule has 0 unspecified atom stereocenters. The van der Waals surface area contributed by atoms with Gasteiger partial charge in [-0.3, -0.25) is 0 Å². The van der Waals surface area contributed by atoms with Gasteiger partial charge in [0.15, 0.2) is 12.4 Å². The largest absolute Gasteiger partial charge is 0.484 e. The minimum absolute atomic E-state index is 0.119. The van der Waals surface area contributed by atoms with Gasteiger partial charge in [0.1, 0.15) is 5.75 Å². The molecule has 5 nitrogen and oxygen atoms in total. The lowest BCUT2D eigenvalue weighted by molar-refractivity contribution is 0.242. The fourth-order valence-corrected chi connectivity index (χ4v) is 2.61. The number of aromatic nitrogens is 2. The van der Waals surface area contributed by atoms with Crippen LogP contribution in [0.5, 0.6) is 5.75 Å². The summed E-state index contributed by atoms with van der Waals surface area (Å²) in [5.41, 5.74) is 8.70. The lowest BCUT2D eigenvalue weighted by Gasteiger charge is -2.22. The van der Waals surface area contributed by atoms with E-state index in [4.69, 9.17) is 15.0 Å². The lowest BCUT2D eigenvalue weighted by Crippen LogP contribution is -2.17. The third-order valence-corrected chi connectivity index (χ3v) is 3.84. The Morgan fingerprint density at radius 3 is 3.05 bits per heavy atom. The third-order valence-electron chi connectivity index (χ3n) is 3.84. The van der Waals surface area contributed by atoms with Crippen molar-refractivity contribution in [3.8, 4) is 5.75 Å². The summed E-state index contributed by atoms with van der Waals surface area (Å²) in [7, 11) is 0. The Labute approximate surface area is 124 Å². The predicted octanol–water partition coefficient (Wildman–Crippen LogP) is 3.11. The Hall–Kier alpha value is -1.88. The van der Waals surface area contributed by atoms with Gasteiger partial charge in [-0.25, -0.2) is 0 Å². The molecule has 0 radical (unpaired) electrons. The highest BCUT2D eigenvalue weighted by Crippen LogP contribution is 2.31. The lowest BCUT2D eigenvalue weighted by atomic mass is 9.88. The number of rotatable bonds is 4. The molecule has 1 heterocycles. The summed E-state index contributed by atoms with van der Waals surface area (Å²) in [5, 5.41) is 3.92. The summed E-state index contributed by atoms with van der Waals surface area (Å²) < 4.78 is 10.9. The number of ether oxygens (including phenoxy) is 1. The van der Waals surface area contributed by atoms with E-state index in [9.17, 15) is 0 Å². The van der Waals surface area contributed by atoms with E-state index in [1.165, 1.54) is 11.1 Å². The third kappa shape index (κ3) is 3.08. The molecule has 0 fully saturated rings. The van der Waals surface area contributed by atoms with Crippen LogP contribution in [-0.2, 0) is 13.0 Å². The highest BCUT2D eigenvalue weighted by Gasteiger charge is 2.17. The van der Waals surface area contributed by atoms with Crippen molar-refractivity contribution in [3.05, 3.63) is 41.0 Å². The quantitative estimate of drug-likeness (QED) is 0.935. The molecule has 1 aromatic heterocycles. The average Bonchev–Trinajstić information content (AvgIpc) is 2.95. The number of hydrogen-bond donors (Lipinski definition) is 1. The number of fused-ring (bicyclic) bond motifs is 1. The Kier molecular flexibility index (Phi) is 3.92. The summed E-state index contributed by atoms with van der Waals surface area (Å²) >= 11 is 0. The molecule has 21 heavy (non-hydrogen) atoms. The van der Waals surface area contributed by atoms with Crippen LogP contribution < -0.4 is 10.5 Å². The van der Waals surface area contributed by atoms with Crippen LogP contribution in [0.4, 0.5) is 0 Å². The molecule has 0 saturated heterocycles. The topological polar surface area (TPSA) is 74.2 Å². The summed E-state index contributed by atoms with van der Waals surface area (Å²) in [6.45, 7) is 4.34. The Morgan fingerprint density at radius 1 is 1.43 bits per heavy atom. The average molecular weight is 287 g/mol. The van der Waals surface area contributed by atoms with Gasteiger partial charge in [-0.1, -0.05) is 25.1 Å². The molecule has 5 heteroatoms. The van der Waals surface area contributed by atoms with Crippen molar-refractivity contribution in [2.24, 2.45) is 5.73 Å². The van der Waals surface area contributed by atoms with Gasteiger partial charge in [-0.2, -0.15) is 4.98 Å². The predicted molar refractivity (Wildman–Crippen MR) is 79.0 cm³/mol. The van der Waals surface area contributed by atoms with Crippen molar-refractivity contribution in [3.63, 3.8) is 0 Å². The Morgan fingerprint density at radius 2 is 2.29 bits per heavy atom. The van der Waals surface area contributed by atoms with Gasteiger partial charge in [0.25, 0.3) is 5.89 Å². The molecule has 1 atom stereocenters. The van der Waals surface area contributed by atoms with E-state index >= 15 is 0 Å². The highest BCUT2D eigenvalue weighted by molar-refractivity contribution is 5.39. The van der Waals surface area contributed by atoms with Gasteiger partial charge in [0.05, 0.1) is 0 Å². The van der Waals surface area contributed by atoms with Crippen LogP contribution in [0.2, 0.25) is 0 Å². The Balaban J connectivity index is 1.69. The van der Waals surface area contributed by atoms with Crippen LogP contribution in [0.25, 0.3) is 0 Å². The fourth-order valence-electron chi connectivity index (χ4n) is 2.61. The van der Waals surface area contributed by atoms with Crippen molar-refractivity contribution in [2.75, 3.05) is 0 Å². The zero-order valence-electron chi connectivity index (χ0n) is 12.5. The second kappa shape index (κ2) is 5.85. The summed E-state index contributed by atoms with van der Waals surface area (Å²) in [6, 6.07) is 6.25. The molecule has 1 aliphatic rings.